The van der Waals surface area contributed by atoms with Crippen LogP contribution < -0.4 is 10.6 Å². The van der Waals surface area contributed by atoms with Crippen molar-refractivity contribution in [2.75, 3.05) is 26.2 Å². The molecule has 0 bridgehead atoms. The molecule has 0 spiro atoms. The summed E-state index contributed by atoms with van der Waals surface area (Å²) in [7, 11) is 0. The van der Waals surface area contributed by atoms with E-state index in [4.69, 9.17) is 4.99 Å². The van der Waals surface area contributed by atoms with Crippen LogP contribution in [-0.4, -0.2) is 49.1 Å². The molecular weight excluding hydrogens is 308 g/mol. The van der Waals surface area contributed by atoms with Gasteiger partial charge in [0.05, 0.1) is 0 Å². The third kappa shape index (κ3) is 6.69. The first-order chi connectivity index (χ1) is 12.0. The number of aryl methyl sites for hydroxylation is 2. The minimum Gasteiger partial charge on any atom is -0.357 e. The van der Waals surface area contributed by atoms with E-state index in [0.29, 0.717) is 12.1 Å². The zero-order chi connectivity index (χ0) is 18.2. The molecule has 2 rings (SSSR count). The summed E-state index contributed by atoms with van der Waals surface area (Å²) in [5.74, 6) is 0.967. The Kier molecular flexibility index (Phi) is 7.76. The first-order valence-corrected chi connectivity index (χ1v) is 9.84. The van der Waals surface area contributed by atoms with Crippen molar-refractivity contribution in [1.82, 2.24) is 15.5 Å². The van der Waals surface area contributed by atoms with Crippen LogP contribution in [0, 0.1) is 13.8 Å². The molecule has 4 heteroatoms. The van der Waals surface area contributed by atoms with Crippen molar-refractivity contribution in [3.8, 4) is 0 Å². The van der Waals surface area contributed by atoms with Gasteiger partial charge in [0.15, 0.2) is 5.96 Å². The van der Waals surface area contributed by atoms with Crippen molar-refractivity contribution >= 4 is 5.96 Å². The third-order valence-electron chi connectivity index (χ3n) is 4.90. The lowest BCUT2D eigenvalue weighted by Crippen LogP contribution is -2.49. The Hall–Kier alpha value is -1.55. The molecule has 1 heterocycles. The number of guanidine groups is 1. The molecule has 1 saturated heterocycles. The summed E-state index contributed by atoms with van der Waals surface area (Å²) < 4.78 is 0. The van der Waals surface area contributed by atoms with E-state index in [1.807, 2.05) is 0 Å². The number of likely N-dealkylation sites (tertiary alicyclic amines) is 1. The fourth-order valence-electron chi connectivity index (χ4n) is 3.58. The Labute approximate surface area is 154 Å². The minimum atomic E-state index is 0.536. The minimum absolute atomic E-state index is 0.536. The van der Waals surface area contributed by atoms with Crippen LogP contribution in [0.2, 0.25) is 0 Å². The largest absolute Gasteiger partial charge is 0.357 e. The van der Waals surface area contributed by atoms with Crippen molar-refractivity contribution in [2.24, 2.45) is 4.99 Å². The molecule has 4 nitrogen and oxygen atoms in total. The molecule has 140 valence electrons. The van der Waals surface area contributed by atoms with Gasteiger partial charge in [-0.15, -0.1) is 0 Å². The highest BCUT2D eigenvalue weighted by molar-refractivity contribution is 5.80. The highest BCUT2D eigenvalue weighted by atomic mass is 15.2. The molecule has 0 amide bonds. The van der Waals surface area contributed by atoms with E-state index in [0.717, 1.165) is 25.5 Å². The molecule has 0 aromatic heterocycles. The summed E-state index contributed by atoms with van der Waals surface area (Å²) in [6, 6.07) is 7.95. The van der Waals surface area contributed by atoms with Crippen LogP contribution in [0.5, 0.6) is 0 Å². The van der Waals surface area contributed by atoms with Crippen molar-refractivity contribution in [2.45, 2.75) is 66.0 Å². The highest BCUT2D eigenvalue weighted by Gasteiger charge is 2.21. The van der Waals surface area contributed by atoms with Crippen LogP contribution in [0.4, 0.5) is 0 Å². The van der Waals surface area contributed by atoms with Gasteiger partial charge < -0.3 is 15.5 Å². The average molecular weight is 345 g/mol. The molecule has 0 saturated carbocycles. The molecule has 1 aliphatic heterocycles. The van der Waals surface area contributed by atoms with E-state index in [-0.39, 0.29) is 0 Å². The Morgan fingerprint density at radius 2 is 1.80 bits per heavy atom. The van der Waals surface area contributed by atoms with E-state index in [9.17, 15) is 0 Å². The Morgan fingerprint density at radius 1 is 1.16 bits per heavy atom. The van der Waals surface area contributed by atoms with E-state index in [1.165, 1.54) is 42.6 Å². The Bertz CT molecular complexity index is 537. The zero-order valence-electron chi connectivity index (χ0n) is 16.7. The summed E-state index contributed by atoms with van der Waals surface area (Å²) in [6.45, 7) is 15.1. The Balaban J connectivity index is 1.86. The van der Waals surface area contributed by atoms with Gasteiger partial charge in [-0.3, -0.25) is 4.99 Å². The number of hydrogen-bond acceptors (Lipinski definition) is 2. The van der Waals surface area contributed by atoms with E-state index < -0.39 is 0 Å². The number of aliphatic imine (C=N–C) groups is 1. The van der Waals surface area contributed by atoms with Gasteiger partial charge in [0.25, 0.3) is 0 Å². The van der Waals surface area contributed by atoms with Gasteiger partial charge in [-0.1, -0.05) is 29.3 Å². The molecule has 1 aromatic rings. The van der Waals surface area contributed by atoms with Crippen molar-refractivity contribution in [3.63, 3.8) is 0 Å². The number of rotatable bonds is 6. The molecular formula is C21H36N4. The molecule has 1 aromatic carbocycles. The molecule has 0 aliphatic carbocycles. The maximum Gasteiger partial charge on any atom is 0.191 e. The second kappa shape index (κ2) is 9.81. The summed E-state index contributed by atoms with van der Waals surface area (Å²) in [6.07, 6.45) is 3.38. The van der Waals surface area contributed by atoms with E-state index in [1.54, 1.807) is 0 Å². The number of piperidine rings is 1. The third-order valence-corrected chi connectivity index (χ3v) is 4.90. The van der Waals surface area contributed by atoms with Crippen LogP contribution in [0.25, 0.3) is 0 Å². The molecule has 2 N–H and O–H groups in total. The fraction of sp³-hybridized carbons (Fsp3) is 0.667. The van der Waals surface area contributed by atoms with Crippen LogP contribution in [-0.2, 0) is 6.42 Å². The lowest BCUT2D eigenvalue weighted by Gasteiger charge is -2.35. The quantitative estimate of drug-likeness (QED) is 0.614. The second-order valence-corrected chi connectivity index (χ2v) is 7.55. The predicted molar refractivity (Wildman–Crippen MR) is 108 cm³/mol. The van der Waals surface area contributed by atoms with Crippen LogP contribution in [0.15, 0.2) is 23.2 Å². The Morgan fingerprint density at radius 3 is 2.36 bits per heavy atom. The van der Waals surface area contributed by atoms with Gasteiger partial charge in [0, 0.05) is 38.3 Å². The average Bonchev–Trinajstić information content (AvgIpc) is 2.54. The van der Waals surface area contributed by atoms with Crippen molar-refractivity contribution in [3.05, 3.63) is 34.9 Å². The van der Waals surface area contributed by atoms with Gasteiger partial charge in [-0.05, 0) is 59.4 Å². The molecule has 25 heavy (non-hydrogen) atoms. The SMILES string of the molecule is CCNC(=NCCc1cc(C)cc(C)c1)NC1CCN(C(C)C)CC1. The maximum absolute atomic E-state index is 4.80. The van der Waals surface area contributed by atoms with Crippen LogP contribution >= 0.6 is 0 Å². The fourth-order valence-corrected chi connectivity index (χ4v) is 3.58. The van der Waals surface area contributed by atoms with Crippen LogP contribution in [0.1, 0.15) is 50.3 Å². The number of nitrogens with zero attached hydrogens (tertiary/aromatic N) is 2. The maximum atomic E-state index is 4.80. The number of hydrogen-bond donors (Lipinski definition) is 2. The second-order valence-electron chi connectivity index (χ2n) is 7.55. The molecule has 1 aliphatic rings. The van der Waals surface area contributed by atoms with E-state index in [2.05, 4.69) is 68.4 Å². The lowest BCUT2D eigenvalue weighted by atomic mass is 10.0. The summed E-state index contributed by atoms with van der Waals surface area (Å²) >= 11 is 0. The van der Waals surface area contributed by atoms with Gasteiger partial charge in [-0.25, -0.2) is 0 Å². The normalized spacial score (nSPS) is 17.1. The lowest BCUT2D eigenvalue weighted by molar-refractivity contribution is 0.167. The first kappa shape index (κ1) is 19.8. The van der Waals surface area contributed by atoms with Gasteiger partial charge in [0.2, 0.25) is 0 Å². The van der Waals surface area contributed by atoms with Gasteiger partial charge >= 0.3 is 0 Å². The monoisotopic (exact) mass is 344 g/mol. The molecule has 0 unspecified atom stereocenters. The van der Waals surface area contributed by atoms with Crippen molar-refractivity contribution in [1.29, 1.82) is 0 Å². The standard InChI is InChI=1S/C21H36N4/c1-6-22-21(24-20-8-11-25(12-9-20)16(2)3)23-10-7-19-14-17(4)13-18(5)15-19/h13-16,20H,6-12H2,1-5H3,(H2,22,23,24). The van der Waals surface area contributed by atoms with Crippen molar-refractivity contribution < 1.29 is 0 Å². The predicted octanol–water partition coefficient (Wildman–Crippen LogP) is 3.27. The molecule has 1 fully saturated rings. The molecule has 0 atom stereocenters. The van der Waals surface area contributed by atoms with E-state index >= 15 is 0 Å². The highest BCUT2D eigenvalue weighted by Crippen LogP contribution is 2.13. The summed E-state index contributed by atoms with van der Waals surface area (Å²) in [5, 5.41) is 7.04. The first-order valence-electron chi connectivity index (χ1n) is 9.84. The summed E-state index contributed by atoms with van der Waals surface area (Å²) in [5.41, 5.74) is 4.05. The zero-order valence-corrected chi connectivity index (χ0v) is 16.7. The molecule has 0 radical (unpaired) electrons. The number of benzene rings is 1. The summed E-state index contributed by atoms with van der Waals surface area (Å²) in [4.78, 5) is 7.35. The van der Waals surface area contributed by atoms with Gasteiger partial charge in [-0.2, -0.15) is 0 Å². The smallest absolute Gasteiger partial charge is 0.191 e. The van der Waals surface area contributed by atoms with Gasteiger partial charge in [0.1, 0.15) is 0 Å². The topological polar surface area (TPSA) is 39.7 Å². The van der Waals surface area contributed by atoms with Crippen LogP contribution in [0.3, 0.4) is 0 Å². The number of nitrogens with one attached hydrogen (secondary N) is 2.